The summed E-state index contributed by atoms with van der Waals surface area (Å²) in [4.78, 5) is 0. The Bertz CT molecular complexity index is 485. The molecule has 0 spiro atoms. The van der Waals surface area contributed by atoms with Gasteiger partial charge >= 0.3 is 0 Å². The number of hydrogen-bond donors (Lipinski definition) is 1. The Labute approximate surface area is 100 Å². The molecule has 0 aliphatic carbocycles. The van der Waals surface area contributed by atoms with E-state index in [2.05, 4.69) is 15.9 Å². The normalized spacial score (nSPS) is 10.4. The van der Waals surface area contributed by atoms with Crippen molar-refractivity contribution in [3.05, 3.63) is 46.6 Å². The third-order valence-corrected chi connectivity index (χ3v) is 2.61. The van der Waals surface area contributed by atoms with E-state index in [9.17, 15) is 4.39 Å². The van der Waals surface area contributed by atoms with E-state index in [0.29, 0.717) is 16.0 Å². The zero-order chi connectivity index (χ0) is 11.5. The molecule has 0 amide bonds. The van der Waals surface area contributed by atoms with E-state index in [1.807, 2.05) is 0 Å². The highest BCUT2D eigenvalue weighted by Gasteiger charge is 2.07. The van der Waals surface area contributed by atoms with Crippen LogP contribution >= 0.6 is 15.9 Å². The van der Waals surface area contributed by atoms with Crippen LogP contribution in [-0.2, 0) is 6.61 Å². The first kappa shape index (κ1) is 11.0. The average molecular weight is 286 g/mol. The fraction of sp³-hybridized carbons (Fsp3) is 0.0909. The van der Waals surface area contributed by atoms with Gasteiger partial charge in [-0.3, -0.25) is 0 Å². The Hall–Kier alpha value is -1.49. The molecule has 0 aliphatic heterocycles. The van der Waals surface area contributed by atoms with E-state index < -0.39 is 5.82 Å². The molecule has 84 valence electrons. The van der Waals surface area contributed by atoms with Crippen molar-refractivity contribution in [1.29, 1.82) is 0 Å². The van der Waals surface area contributed by atoms with Crippen molar-refractivity contribution < 1.29 is 13.5 Å². The van der Waals surface area contributed by atoms with Gasteiger partial charge in [0.05, 0.1) is 16.4 Å². The van der Waals surface area contributed by atoms with Crippen LogP contribution in [0.3, 0.4) is 0 Å². The van der Waals surface area contributed by atoms with Crippen LogP contribution < -0.4 is 10.5 Å². The molecule has 0 radical (unpaired) electrons. The maximum atomic E-state index is 13.1. The minimum Gasteiger partial charge on any atom is -0.483 e. The average Bonchev–Trinajstić information content (AvgIpc) is 2.74. The van der Waals surface area contributed by atoms with E-state index in [4.69, 9.17) is 14.9 Å². The number of rotatable bonds is 3. The third kappa shape index (κ3) is 2.36. The number of ether oxygens (including phenoxy) is 1. The summed E-state index contributed by atoms with van der Waals surface area (Å²) in [5.74, 6) is 0.687. The highest BCUT2D eigenvalue weighted by atomic mass is 79.9. The maximum Gasteiger partial charge on any atom is 0.146 e. The lowest BCUT2D eigenvalue weighted by Gasteiger charge is -2.08. The number of nitrogen functional groups attached to an aromatic ring is 1. The largest absolute Gasteiger partial charge is 0.483 e. The molecule has 16 heavy (non-hydrogen) atoms. The second kappa shape index (κ2) is 4.57. The van der Waals surface area contributed by atoms with Gasteiger partial charge in [-0.05, 0) is 34.1 Å². The second-order valence-electron chi connectivity index (χ2n) is 3.17. The van der Waals surface area contributed by atoms with Gasteiger partial charge in [0.15, 0.2) is 0 Å². The van der Waals surface area contributed by atoms with Gasteiger partial charge in [0.1, 0.15) is 23.9 Å². The first-order valence-corrected chi connectivity index (χ1v) is 5.36. The second-order valence-corrected chi connectivity index (χ2v) is 4.03. The molecule has 2 aromatic rings. The van der Waals surface area contributed by atoms with Gasteiger partial charge in [0.25, 0.3) is 0 Å². The number of furan rings is 1. The van der Waals surface area contributed by atoms with Crippen LogP contribution in [0.4, 0.5) is 10.1 Å². The van der Waals surface area contributed by atoms with Crippen molar-refractivity contribution >= 4 is 21.6 Å². The summed E-state index contributed by atoms with van der Waals surface area (Å²) in [7, 11) is 0. The number of hydrogen-bond acceptors (Lipinski definition) is 3. The van der Waals surface area contributed by atoms with Crippen LogP contribution in [0, 0.1) is 5.82 Å². The monoisotopic (exact) mass is 285 g/mol. The fourth-order valence-corrected chi connectivity index (χ4v) is 1.53. The highest BCUT2D eigenvalue weighted by Crippen LogP contribution is 2.29. The summed E-state index contributed by atoms with van der Waals surface area (Å²) < 4.78 is 23.9. The van der Waals surface area contributed by atoms with Gasteiger partial charge < -0.3 is 14.9 Å². The predicted molar refractivity (Wildman–Crippen MR) is 61.6 cm³/mol. The lowest BCUT2D eigenvalue weighted by molar-refractivity contribution is 0.271. The summed E-state index contributed by atoms with van der Waals surface area (Å²) in [5, 5.41) is 0. The molecule has 1 heterocycles. The lowest BCUT2D eigenvalue weighted by Crippen LogP contribution is -1.98. The SMILES string of the molecule is Nc1cc(F)c(Br)cc1OCc1ccco1. The van der Waals surface area contributed by atoms with Gasteiger partial charge in [0.2, 0.25) is 0 Å². The number of benzene rings is 1. The van der Waals surface area contributed by atoms with Crippen molar-refractivity contribution in [2.24, 2.45) is 0 Å². The van der Waals surface area contributed by atoms with E-state index in [0.717, 1.165) is 0 Å². The molecule has 0 fully saturated rings. The quantitative estimate of drug-likeness (QED) is 0.880. The molecule has 3 nitrogen and oxygen atoms in total. The Morgan fingerprint density at radius 1 is 1.44 bits per heavy atom. The highest BCUT2D eigenvalue weighted by molar-refractivity contribution is 9.10. The summed E-state index contributed by atoms with van der Waals surface area (Å²) in [5.41, 5.74) is 5.87. The Morgan fingerprint density at radius 2 is 2.25 bits per heavy atom. The molecule has 1 aromatic heterocycles. The van der Waals surface area contributed by atoms with E-state index in [-0.39, 0.29) is 12.3 Å². The molecule has 2 N–H and O–H groups in total. The molecule has 0 atom stereocenters. The smallest absolute Gasteiger partial charge is 0.146 e. The van der Waals surface area contributed by atoms with Gasteiger partial charge in [-0.25, -0.2) is 4.39 Å². The number of nitrogens with two attached hydrogens (primary N) is 1. The predicted octanol–water partition coefficient (Wildman–Crippen LogP) is 3.34. The summed E-state index contributed by atoms with van der Waals surface area (Å²) >= 11 is 3.06. The van der Waals surface area contributed by atoms with Gasteiger partial charge in [0, 0.05) is 6.07 Å². The van der Waals surface area contributed by atoms with Crippen LogP contribution in [0.1, 0.15) is 5.76 Å². The van der Waals surface area contributed by atoms with Crippen LogP contribution in [0.2, 0.25) is 0 Å². The number of anilines is 1. The molecular formula is C11H9BrFNO2. The van der Waals surface area contributed by atoms with E-state index >= 15 is 0 Å². The third-order valence-electron chi connectivity index (χ3n) is 2.00. The molecule has 1 aromatic carbocycles. The maximum absolute atomic E-state index is 13.1. The Kier molecular flexibility index (Phi) is 3.14. The minimum atomic E-state index is -0.414. The minimum absolute atomic E-state index is 0.257. The molecule has 2 rings (SSSR count). The molecule has 0 saturated carbocycles. The van der Waals surface area contributed by atoms with Crippen LogP contribution in [-0.4, -0.2) is 0 Å². The Balaban J connectivity index is 2.12. The van der Waals surface area contributed by atoms with Crippen LogP contribution in [0.15, 0.2) is 39.4 Å². The topological polar surface area (TPSA) is 48.4 Å². The van der Waals surface area contributed by atoms with Crippen LogP contribution in [0.25, 0.3) is 0 Å². The van der Waals surface area contributed by atoms with Gasteiger partial charge in [-0.2, -0.15) is 0 Å². The van der Waals surface area contributed by atoms with Crippen molar-refractivity contribution in [3.8, 4) is 5.75 Å². The van der Waals surface area contributed by atoms with Crippen LogP contribution in [0.5, 0.6) is 5.75 Å². The first-order valence-electron chi connectivity index (χ1n) is 4.56. The van der Waals surface area contributed by atoms with Crippen molar-refractivity contribution in [2.45, 2.75) is 6.61 Å². The fourth-order valence-electron chi connectivity index (χ4n) is 1.21. The Morgan fingerprint density at radius 3 is 2.94 bits per heavy atom. The molecule has 5 heteroatoms. The summed E-state index contributed by atoms with van der Waals surface area (Å²) in [6.45, 7) is 0.259. The van der Waals surface area contributed by atoms with Crippen molar-refractivity contribution in [2.75, 3.05) is 5.73 Å². The molecule has 0 unspecified atom stereocenters. The molecular weight excluding hydrogens is 277 g/mol. The van der Waals surface area contributed by atoms with Crippen molar-refractivity contribution in [3.63, 3.8) is 0 Å². The summed E-state index contributed by atoms with van der Waals surface area (Å²) in [6, 6.07) is 6.26. The number of halogens is 2. The van der Waals surface area contributed by atoms with Gasteiger partial charge in [-0.1, -0.05) is 0 Å². The molecule has 0 aliphatic rings. The van der Waals surface area contributed by atoms with E-state index in [1.54, 1.807) is 18.4 Å². The zero-order valence-corrected chi connectivity index (χ0v) is 9.83. The first-order chi connectivity index (χ1) is 7.66. The molecule has 0 saturated heterocycles. The van der Waals surface area contributed by atoms with Gasteiger partial charge in [-0.15, -0.1) is 0 Å². The van der Waals surface area contributed by atoms with E-state index in [1.165, 1.54) is 12.1 Å². The molecule has 0 bridgehead atoms. The zero-order valence-electron chi connectivity index (χ0n) is 8.24. The van der Waals surface area contributed by atoms with Crippen molar-refractivity contribution in [1.82, 2.24) is 0 Å². The lowest BCUT2D eigenvalue weighted by atomic mass is 10.3. The summed E-state index contributed by atoms with van der Waals surface area (Å²) in [6.07, 6.45) is 1.56. The standard InChI is InChI=1S/C11H9BrFNO2/c12-8-4-11(10(14)5-9(8)13)16-6-7-2-1-3-15-7/h1-5H,6,14H2.